The van der Waals surface area contributed by atoms with E-state index in [0.717, 1.165) is 17.0 Å². The van der Waals surface area contributed by atoms with E-state index >= 15 is 0 Å². The summed E-state index contributed by atoms with van der Waals surface area (Å²) in [5.74, 6) is 0.533. The summed E-state index contributed by atoms with van der Waals surface area (Å²) in [5.41, 5.74) is 1.97. The van der Waals surface area contributed by atoms with E-state index in [1.54, 1.807) is 13.1 Å². The number of carbonyl (C=O) groups is 1. The third-order valence-corrected chi connectivity index (χ3v) is 6.13. The Bertz CT molecular complexity index is 1040. The van der Waals surface area contributed by atoms with E-state index < -0.39 is 12.2 Å². The number of fused-ring (bicyclic) bond motifs is 3. The van der Waals surface area contributed by atoms with Gasteiger partial charge in [0.25, 0.3) is 6.01 Å². The van der Waals surface area contributed by atoms with Gasteiger partial charge < -0.3 is 24.3 Å². The second kappa shape index (κ2) is 6.89. The van der Waals surface area contributed by atoms with Gasteiger partial charge in [-0.25, -0.2) is 9.78 Å². The van der Waals surface area contributed by atoms with Gasteiger partial charge in [0.1, 0.15) is 17.4 Å². The van der Waals surface area contributed by atoms with Crippen LogP contribution < -0.4 is 9.64 Å². The molecule has 1 aromatic carbocycles. The van der Waals surface area contributed by atoms with Crippen LogP contribution in [0.5, 0.6) is 5.75 Å². The lowest BCUT2D eigenvalue weighted by Gasteiger charge is -2.54. The van der Waals surface area contributed by atoms with Crippen LogP contribution in [0.15, 0.2) is 28.1 Å². The van der Waals surface area contributed by atoms with Gasteiger partial charge in [-0.1, -0.05) is 0 Å². The lowest BCUT2D eigenvalue weighted by molar-refractivity contribution is 0.0101. The first kappa shape index (κ1) is 18.2. The molecule has 0 aliphatic carbocycles. The van der Waals surface area contributed by atoms with Crippen molar-refractivity contribution >= 4 is 34.5 Å². The number of hydrogen-bond donors (Lipinski definition) is 2. The fourth-order valence-electron chi connectivity index (χ4n) is 4.04. The molecule has 0 radical (unpaired) electrons. The molecule has 3 aliphatic heterocycles. The molecular formula is C19H20N4O5S. The van der Waals surface area contributed by atoms with Crippen LogP contribution in [0.25, 0.3) is 21.7 Å². The maximum atomic E-state index is 11.4. The summed E-state index contributed by atoms with van der Waals surface area (Å²) >= 11 is 1.51. The fourth-order valence-corrected chi connectivity index (χ4v) is 4.70. The molecule has 3 atom stereocenters. The number of rotatable bonds is 5. The zero-order valence-electron chi connectivity index (χ0n) is 15.7. The van der Waals surface area contributed by atoms with Crippen LogP contribution in [-0.4, -0.2) is 69.1 Å². The van der Waals surface area contributed by atoms with Gasteiger partial charge in [-0.15, -0.1) is 11.3 Å². The van der Waals surface area contributed by atoms with Crippen LogP contribution in [0.4, 0.5) is 10.8 Å². The molecule has 10 heteroatoms. The maximum absolute atomic E-state index is 11.4. The van der Waals surface area contributed by atoms with Gasteiger partial charge in [-0.2, -0.15) is 4.98 Å². The minimum absolute atomic E-state index is 0.0364. The Labute approximate surface area is 170 Å². The Hall–Kier alpha value is -2.85. The molecule has 2 aromatic heterocycles. The number of ether oxygens (including phenoxy) is 1. The summed E-state index contributed by atoms with van der Waals surface area (Å²) in [6.45, 7) is 2.90. The number of aromatic nitrogens is 2. The number of carboxylic acid groups (broad SMARTS) is 1. The molecule has 9 nitrogen and oxygen atoms in total. The van der Waals surface area contributed by atoms with E-state index in [9.17, 15) is 15.0 Å². The lowest BCUT2D eigenvalue weighted by Crippen LogP contribution is -2.70. The van der Waals surface area contributed by atoms with Gasteiger partial charge >= 0.3 is 6.09 Å². The number of aliphatic hydroxyl groups excluding tert-OH is 1. The van der Waals surface area contributed by atoms with Gasteiger partial charge in [0, 0.05) is 24.7 Å². The SMILES string of the molecule is C[C@@H](O)COc1ccc(-c2nccs2)c2oc(N3CC4CC(C3)N4C(=O)O)nc12. The van der Waals surface area contributed by atoms with Gasteiger partial charge in [-0.05, 0) is 25.5 Å². The molecule has 5 heterocycles. The summed E-state index contributed by atoms with van der Waals surface area (Å²) in [7, 11) is 0. The van der Waals surface area contributed by atoms with Crippen LogP contribution in [0, 0.1) is 0 Å². The lowest BCUT2D eigenvalue weighted by atomic mass is 9.88. The van der Waals surface area contributed by atoms with Crippen LogP contribution in [-0.2, 0) is 0 Å². The smallest absolute Gasteiger partial charge is 0.407 e. The summed E-state index contributed by atoms with van der Waals surface area (Å²) in [5, 5.41) is 21.6. The van der Waals surface area contributed by atoms with Crippen molar-refractivity contribution in [3.8, 4) is 16.3 Å². The standard InChI is InChI=1S/C19H20N4O5S/c1-10(24)9-27-14-3-2-13(17-20-4-5-29-17)16-15(14)21-18(28-16)22-7-11-6-12(8-22)23(11)19(25)26/h2-5,10-12,24H,6-9H2,1H3,(H,25,26)/t10-,11?,12?/m1/s1. The zero-order chi connectivity index (χ0) is 20.1. The summed E-state index contributed by atoms with van der Waals surface area (Å²) in [4.78, 5) is 23.9. The molecule has 3 aliphatic rings. The Morgan fingerprint density at radius 2 is 2.21 bits per heavy atom. The number of amides is 1. The van der Waals surface area contributed by atoms with Gasteiger partial charge in [-0.3, -0.25) is 4.90 Å². The first-order valence-electron chi connectivity index (χ1n) is 9.41. The van der Waals surface area contributed by atoms with E-state index in [1.807, 2.05) is 22.4 Å². The largest absolute Gasteiger partial charge is 0.488 e. The molecular weight excluding hydrogens is 396 g/mol. The molecule has 3 saturated heterocycles. The number of thiazole rings is 1. The Kier molecular flexibility index (Phi) is 4.32. The van der Waals surface area contributed by atoms with Gasteiger partial charge in [0.05, 0.1) is 23.8 Å². The minimum Gasteiger partial charge on any atom is -0.488 e. The fraction of sp³-hybridized carbons (Fsp3) is 0.421. The molecule has 3 fully saturated rings. The molecule has 0 spiro atoms. The summed E-state index contributed by atoms with van der Waals surface area (Å²) in [6, 6.07) is 4.07. The average Bonchev–Trinajstić information content (AvgIpc) is 3.35. The number of piperazine rings is 1. The first-order valence-corrected chi connectivity index (χ1v) is 10.3. The van der Waals surface area contributed by atoms with Crippen molar-refractivity contribution < 1.29 is 24.2 Å². The second-order valence-corrected chi connectivity index (χ2v) is 8.32. The summed E-state index contributed by atoms with van der Waals surface area (Å²) < 4.78 is 11.9. The van der Waals surface area contributed by atoms with Crippen LogP contribution >= 0.6 is 11.3 Å². The zero-order valence-corrected chi connectivity index (χ0v) is 16.5. The van der Waals surface area contributed by atoms with Crippen molar-refractivity contribution in [2.45, 2.75) is 31.5 Å². The van der Waals surface area contributed by atoms with Crippen molar-refractivity contribution in [2.24, 2.45) is 0 Å². The van der Waals surface area contributed by atoms with Crippen molar-refractivity contribution in [3.63, 3.8) is 0 Å². The van der Waals surface area contributed by atoms with Gasteiger partial charge in [0.15, 0.2) is 11.1 Å². The third kappa shape index (κ3) is 3.08. The number of oxazole rings is 1. The number of piperidine rings is 1. The Morgan fingerprint density at radius 1 is 1.41 bits per heavy atom. The van der Waals surface area contributed by atoms with E-state index in [4.69, 9.17) is 9.15 Å². The number of hydrogen-bond acceptors (Lipinski definition) is 8. The monoisotopic (exact) mass is 416 g/mol. The van der Waals surface area contributed by atoms with Crippen LogP contribution in [0.1, 0.15) is 13.3 Å². The topological polar surface area (TPSA) is 112 Å². The van der Waals surface area contributed by atoms with E-state index in [-0.39, 0.29) is 18.7 Å². The van der Waals surface area contributed by atoms with Gasteiger partial charge in [0.2, 0.25) is 0 Å². The van der Waals surface area contributed by atoms with E-state index in [1.165, 1.54) is 16.2 Å². The van der Waals surface area contributed by atoms with Crippen molar-refractivity contribution in [1.82, 2.24) is 14.9 Å². The molecule has 0 saturated carbocycles. The highest BCUT2D eigenvalue weighted by Crippen LogP contribution is 2.40. The quantitative estimate of drug-likeness (QED) is 0.653. The molecule has 1 amide bonds. The molecule has 2 bridgehead atoms. The second-order valence-electron chi connectivity index (χ2n) is 7.42. The molecule has 6 rings (SSSR count). The summed E-state index contributed by atoms with van der Waals surface area (Å²) in [6.07, 6.45) is 1.13. The normalized spacial score (nSPS) is 21.9. The highest BCUT2D eigenvalue weighted by atomic mass is 32.1. The van der Waals surface area contributed by atoms with Crippen LogP contribution in [0.3, 0.4) is 0 Å². The van der Waals surface area contributed by atoms with E-state index in [2.05, 4.69) is 9.97 Å². The van der Waals surface area contributed by atoms with Crippen molar-refractivity contribution in [2.75, 3.05) is 24.6 Å². The number of nitrogens with zero attached hydrogens (tertiary/aromatic N) is 4. The van der Waals surface area contributed by atoms with Crippen LogP contribution in [0.2, 0.25) is 0 Å². The number of aliphatic hydroxyl groups is 1. The molecule has 2 N–H and O–H groups in total. The molecule has 152 valence electrons. The highest BCUT2D eigenvalue weighted by Gasteiger charge is 2.48. The molecule has 2 unspecified atom stereocenters. The van der Waals surface area contributed by atoms with Crippen molar-refractivity contribution in [1.29, 1.82) is 0 Å². The maximum Gasteiger partial charge on any atom is 0.407 e. The van der Waals surface area contributed by atoms with E-state index in [0.29, 0.717) is 36.0 Å². The number of anilines is 1. The minimum atomic E-state index is -0.872. The van der Waals surface area contributed by atoms with Crippen molar-refractivity contribution in [3.05, 3.63) is 23.7 Å². The third-order valence-electron chi connectivity index (χ3n) is 5.32. The average molecular weight is 416 g/mol. The predicted molar refractivity (Wildman–Crippen MR) is 107 cm³/mol. The molecule has 29 heavy (non-hydrogen) atoms. The first-order chi connectivity index (χ1) is 14.0. The predicted octanol–water partition coefficient (Wildman–Crippen LogP) is 2.65. The molecule has 3 aromatic rings. The number of benzene rings is 1. The Balaban J connectivity index is 1.51. The highest BCUT2D eigenvalue weighted by molar-refractivity contribution is 7.13. The Morgan fingerprint density at radius 3 is 2.86 bits per heavy atom.